The summed E-state index contributed by atoms with van der Waals surface area (Å²) in [5, 5.41) is 17.0. The number of thiophene rings is 4. The highest BCUT2D eigenvalue weighted by Gasteiger charge is 2.18. The van der Waals surface area contributed by atoms with Gasteiger partial charge in [-0.1, -0.05) is 24.3 Å². The standard InChI is InChI=1S/C28H18N4S4/c1-2-18(28-31-25(21-7-11-35-15-21)26(32-28)22-8-12-36-16-22)4-3-17(1)27-29-23(19-5-9-33-13-19)24(30-27)20-6-10-34-14-20/h1-16H,(H,29,30)(H,31,32). The number of nitrogens with one attached hydrogen (secondary N) is 2. The van der Waals surface area contributed by atoms with Crippen LogP contribution in [0.25, 0.3) is 67.8 Å². The SMILES string of the molecule is c1cc(-c2nc(-c3ccc(-c4nc(-c5ccsc5)c(-c5ccsc5)[nH]4)cc3)[nH]c2-c2ccsc2)cs1. The molecule has 0 fully saturated rings. The molecule has 36 heavy (non-hydrogen) atoms. The maximum atomic E-state index is 5.00. The van der Waals surface area contributed by atoms with Crippen molar-refractivity contribution in [1.82, 2.24) is 19.9 Å². The fourth-order valence-corrected chi connectivity index (χ4v) is 6.83. The van der Waals surface area contributed by atoms with E-state index in [0.717, 1.165) is 67.8 Å². The molecule has 0 aliphatic rings. The molecule has 6 aromatic heterocycles. The number of benzene rings is 1. The van der Waals surface area contributed by atoms with Crippen LogP contribution in [-0.4, -0.2) is 19.9 Å². The Labute approximate surface area is 223 Å². The van der Waals surface area contributed by atoms with E-state index in [-0.39, 0.29) is 0 Å². The lowest BCUT2D eigenvalue weighted by molar-refractivity contribution is 1.29. The first kappa shape index (κ1) is 21.7. The number of aromatic amines is 2. The quantitative estimate of drug-likeness (QED) is 0.222. The minimum atomic E-state index is 0.862. The van der Waals surface area contributed by atoms with Crippen LogP contribution in [0.4, 0.5) is 0 Å². The van der Waals surface area contributed by atoms with Crippen LogP contribution < -0.4 is 0 Å². The third-order valence-corrected chi connectivity index (χ3v) is 8.78. The summed E-state index contributed by atoms with van der Waals surface area (Å²) in [6, 6.07) is 17.0. The number of H-pyrrole nitrogens is 2. The molecule has 1 aromatic carbocycles. The molecule has 7 aromatic rings. The number of imidazole rings is 2. The Morgan fingerprint density at radius 1 is 0.417 bits per heavy atom. The Morgan fingerprint density at radius 2 is 0.778 bits per heavy atom. The van der Waals surface area contributed by atoms with Gasteiger partial charge in [0.05, 0.1) is 22.8 Å². The maximum absolute atomic E-state index is 5.00. The van der Waals surface area contributed by atoms with Gasteiger partial charge in [-0.15, -0.1) is 0 Å². The van der Waals surface area contributed by atoms with E-state index in [9.17, 15) is 0 Å². The van der Waals surface area contributed by atoms with Crippen LogP contribution in [0.15, 0.2) is 91.6 Å². The Morgan fingerprint density at radius 3 is 1.11 bits per heavy atom. The predicted octanol–water partition coefficient (Wildman–Crippen LogP) is 9.38. The summed E-state index contributed by atoms with van der Waals surface area (Å²) in [5.74, 6) is 1.72. The van der Waals surface area contributed by atoms with Gasteiger partial charge in [0.2, 0.25) is 0 Å². The lowest BCUT2D eigenvalue weighted by Crippen LogP contribution is -1.84. The average Bonchev–Trinajstić information content (AvgIpc) is 3.74. The largest absolute Gasteiger partial charge is 0.337 e. The van der Waals surface area contributed by atoms with Gasteiger partial charge in [0.15, 0.2) is 0 Å². The van der Waals surface area contributed by atoms with Gasteiger partial charge in [-0.05, 0) is 45.8 Å². The van der Waals surface area contributed by atoms with Crippen molar-refractivity contribution in [3.8, 4) is 67.8 Å². The second-order valence-corrected chi connectivity index (χ2v) is 11.4. The second-order valence-electron chi connectivity index (χ2n) is 8.24. The molecule has 0 aliphatic heterocycles. The van der Waals surface area contributed by atoms with Crippen LogP contribution in [0.2, 0.25) is 0 Å². The van der Waals surface area contributed by atoms with Gasteiger partial charge in [0.25, 0.3) is 0 Å². The highest BCUT2D eigenvalue weighted by atomic mass is 32.1. The van der Waals surface area contributed by atoms with Crippen molar-refractivity contribution >= 4 is 45.3 Å². The molecular formula is C28H18N4S4. The summed E-state index contributed by atoms with van der Waals surface area (Å²) in [5.41, 5.74) is 10.8. The first-order valence-corrected chi connectivity index (χ1v) is 15.0. The van der Waals surface area contributed by atoms with Crippen molar-refractivity contribution in [3.63, 3.8) is 0 Å². The third-order valence-electron chi connectivity index (χ3n) is 6.05. The number of hydrogen-bond donors (Lipinski definition) is 2. The maximum Gasteiger partial charge on any atom is 0.138 e. The molecule has 8 heteroatoms. The predicted molar refractivity (Wildman–Crippen MR) is 155 cm³/mol. The lowest BCUT2D eigenvalue weighted by Gasteiger charge is -2.00. The lowest BCUT2D eigenvalue weighted by atomic mass is 10.1. The Kier molecular flexibility index (Phi) is 5.51. The summed E-state index contributed by atoms with van der Waals surface area (Å²) >= 11 is 6.75. The zero-order valence-corrected chi connectivity index (χ0v) is 22.0. The fourth-order valence-electron chi connectivity index (χ4n) is 4.25. The van der Waals surface area contributed by atoms with Crippen molar-refractivity contribution in [1.29, 1.82) is 0 Å². The van der Waals surface area contributed by atoms with Gasteiger partial charge < -0.3 is 9.97 Å². The van der Waals surface area contributed by atoms with Gasteiger partial charge in [-0.2, -0.15) is 45.3 Å². The molecule has 174 valence electrons. The summed E-state index contributed by atoms with van der Waals surface area (Å²) in [4.78, 5) is 17.2. The Bertz CT molecular complexity index is 1470. The van der Waals surface area contributed by atoms with Crippen LogP contribution in [0, 0.1) is 0 Å². The molecule has 6 heterocycles. The van der Waals surface area contributed by atoms with E-state index in [1.54, 1.807) is 45.3 Å². The Balaban J connectivity index is 1.27. The number of nitrogens with zero attached hydrogens (tertiary/aromatic N) is 2. The minimum absolute atomic E-state index is 0.862. The molecule has 0 radical (unpaired) electrons. The van der Waals surface area contributed by atoms with Crippen LogP contribution in [-0.2, 0) is 0 Å². The number of aromatic nitrogens is 4. The van der Waals surface area contributed by atoms with Crippen molar-refractivity contribution in [2.45, 2.75) is 0 Å². The van der Waals surface area contributed by atoms with E-state index in [1.807, 2.05) is 0 Å². The molecular weight excluding hydrogens is 521 g/mol. The number of hydrogen-bond acceptors (Lipinski definition) is 6. The summed E-state index contributed by atoms with van der Waals surface area (Å²) in [6.45, 7) is 0. The van der Waals surface area contributed by atoms with E-state index in [4.69, 9.17) is 9.97 Å². The van der Waals surface area contributed by atoms with Gasteiger partial charge >= 0.3 is 0 Å². The minimum Gasteiger partial charge on any atom is -0.337 e. The average molecular weight is 539 g/mol. The second kappa shape index (κ2) is 9.15. The molecule has 0 bridgehead atoms. The van der Waals surface area contributed by atoms with E-state index in [0.29, 0.717) is 0 Å². The molecule has 0 saturated carbocycles. The van der Waals surface area contributed by atoms with Gasteiger partial charge in [0, 0.05) is 54.9 Å². The van der Waals surface area contributed by atoms with Crippen LogP contribution in [0.5, 0.6) is 0 Å². The highest BCUT2D eigenvalue weighted by Crippen LogP contribution is 2.37. The van der Waals surface area contributed by atoms with Gasteiger partial charge in [-0.25, -0.2) is 9.97 Å². The first-order chi connectivity index (χ1) is 17.8. The molecule has 0 amide bonds. The zero-order chi connectivity index (χ0) is 23.9. The van der Waals surface area contributed by atoms with Crippen LogP contribution in [0.3, 0.4) is 0 Å². The van der Waals surface area contributed by atoms with Crippen LogP contribution >= 0.6 is 45.3 Å². The fraction of sp³-hybridized carbons (Fsp3) is 0. The van der Waals surface area contributed by atoms with Crippen molar-refractivity contribution in [3.05, 3.63) is 91.6 Å². The normalized spacial score (nSPS) is 11.3. The van der Waals surface area contributed by atoms with Crippen molar-refractivity contribution in [2.24, 2.45) is 0 Å². The highest BCUT2D eigenvalue weighted by molar-refractivity contribution is 7.09. The van der Waals surface area contributed by atoms with E-state index in [1.165, 1.54) is 0 Å². The van der Waals surface area contributed by atoms with Crippen molar-refractivity contribution in [2.75, 3.05) is 0 Å². The third kappa shape index (κ3) is 3.88. The van der Waals surface area contributed by atoms with Gasteiger partial charge in [-0.3, -0.25) is 0 Å². The monoisotopic (exact) mass is 538 g/mol. The summed E-state index contributed by atoms with van der Waals surface area (Å²) < 4.78 is 0. The first-order valence-electron chi connectivity index (χ1n) is 11.2. The summed E-state index contributed by atoms with van der Waals surface area (Å²) in [6.07, 6.45) is 0. The molecule has 0 atom stereocenters. The molecule has 0 spiro atoms. The molecule has 4 nitrogen and oxygen atoms in total. The van der Waals surface area contributed by atoms with Crippen LogP contribution in [0.1, 0.15) is 0 Å². The molecule has 0 saturated heterocycles. The molecule has 2 N–H and O–H groups in total. The van der Waals surface area contributed by atoms with Crippen molar-refractivity contribution < 1.29 is 0 Å². The summed E-state index contributed by atoms with van der Waals surface area (Å²) in [7, 11) is 0. The van der Waals surface area contributed by atoms with E-state index >= 15 is 0 Å². The number of rotatable bonds is 6. The Hall–Kier alpha value is -3.56. The van der Waals surface area contributed by atoms with Gasteiger partial charge in [0.1, 0.15) is 11.6 Å². The molecule has 0 unspecified atom stereocenters. The van der Waals surface area contributed by atoms with E-state index < -0.39 is 0 Å². The smallest absolute Gasteiger partial charge is 0.138 e. The van der Waals surface area contributed by atoms with E-state index in [2.05, 4.69) is 102 Å². The molecule has 7 rings (SSSR count). The zero-order valence-electron chi connectivity index (χ0n) is 18.8. The topological polar surface area (TPSA) is 57.4 Å². The molecule has 0 aliphatic carbocycles.